The van der Waals surface area contributed by atoms with Gasteiger partial charge in [-0.1, -0.05) is 18.2 Å². The Bertz CT molecular complexity index is 597. The number of anilines is 1. The summed E-state index contributed by atoms with van der Waals surface area (Å²) in [4.78, 5) is 3.97. The van der Waals surface area contributed by atoms with E-state index in [4.69, 9.17) is 11.0 Å². The fourth-order valence-corrected chi connectivity index (χ4v) is 1.85. The van der Waals surface area contributed by atoms with Crippen molar-refractivity contribution in [1.82, 2.24) is 4.98 Å². The Hall–Kier alpha value is -2.38. The van der Waals surface area contributed by atoms with E-state index in [0.717, 1.165) is 0 Å². The van der Waals surface area contributed by atoms with E-state index in [-0.39, 0.29) is 0 Å². The van der Waals surface area contributed by atoms with E-state index in [1.807, 2.05) is 6.07 Å². The lowest BCUT2D eigenvalue weighted by Crippen LogP contribution is -2.24. The summed E-state index contributed by atoms with van der Waals surface area (Å²) in [5.41, 5.74) is 6.31. The van der Waals surface area contributed by atoms with Gasteiger partial charge in [0.1, 0.15) is 11.4 Å². The molecule has 0 aliphatic carbocycles. The van der Waals surface area contributed by atoms with Gasteiger partial charge in [0.25, 0.3) is 0 Å². The summed E-state index contributed by atoms with van der Waals surface area (Å²) >= 11 is 0. The summed E-state index contributed by atoms with van der Waals surface area (Å²) < 4.78 is 0. The summed E-state index contributed by atoms with van der Waals surface area (Å²) in [7, 11) is 0. The third kappa shape index (κ3) is 2.04. The van der Waals surface area contributed by atoms with Gasteiger partial charge >= 0.3 is 0 Å². The number of rotatable bonds is 2. The average Bonchev–Trinajstić information content (AvgIpc) is 2.39. The van der Waals surface area contributed by atoms with Crippen LogP contribution in [0.4, 0.5) is 5.82 Å². The lowest BCUT2D eigenvalue weighted by atomic mass is 9.88. The van der Waals surface area contributed by atoms with Gasteiger partial charge in [-0.25, -0.2) is 4.98 Å². The molecule has 0 aliphatic heterocycles. The first-order chi connectivity index (χ1) is 8.55. The Morgan fingerprint density at radius 2 is 1.94 bits per heavy atom. The molecule has 0 amide bonds. The molecule has 0 saturated heterocycles. The predicted molar refractivity (Wildman–Crippen MR) is 68.5 cm³/mol. The molecule has 1 atom stereocenters. The van der Waals surface area contributed by atoms with Crippen LogP contribution in [0.3, 0.4) is 0 Å². The zero-order valence-electron chi connectivity index (χ0n) is 9.96. The minimum absolute atomic E-state index is 0.298. The fourth-order valence-electron chi connectivity index (χ4n) is 1.85. The van der Waals surface area contributed by atoms with Gasteiger partial charge in [-0.2, -0.15) is 5.26 Å². The second kappa shape index (κ2) is 4.47. The molecule has 0 spiro atoms. The predicted octanol–water partition coefficient (Wildman–Crippen LogP) is 1.79. The highest BCUT2D eigenvalue weighted by atomic mass is 16.3. The molecule has 4 nitrogen and oxygen atoms in total. The van der Waals surface area contributed by atoms with Gasteiger partial charge in [0, 0.05) is 11.8 Å². The number of hydrogen-bond acceptors (Lipinski definition) is 4. The number of nitrogens with two attached hydrogens (primary N) is 1. The van der Waals surface area contributed by atoms with Crippen molar-refractivity contribution in [2.24, 2.45) is 0 Å². The largest absolute Gasteiger partial charge is 0.383 e. The van der Waals surface area contributed by atoms with Gasteiger partial charge in [0.05, 0.1) is 11.6 Å². The van der Waals surface area contributed by atoms with Crippen molar-refractivity contribution < 1.29 is 5.11 Å². The van der Waals surface area contributed by atoms with Crippen LogP contribution in [0.15, 0.2) is 42.6 Å². The Labute approximate surface area is 105 Å². The molecule has 0 radical (unpaired) electrons. The van der Waals surface area contributed by atoms with E-state index in [2.05, 4.69) is 4.98 Å². The number of hydrogen-bond donors (Lipinski definition) is 2. The molecular formula is C14H13N3O. The van der Waals surface area contributed by atoms with Crippen molar-refractivity contribution in [1.29, 1.82) is 5.26 Å². The number of pyridine rings is 1. The molecular weight excluding hydrogens is 226 g/mol. The van der Waals surface area contributed by atoms with E-state index in [9.17, 15) is 5.11 Å². The number of aliphatic hydroxyl groups is 1. The van der Waals surface area contributed by atoms with Gasteiger partial charge in [-0.3, -0.25) is 0 Å². The van der Waals surface area contributed by atoms with E-state index in [0.29, 0.717) is 22.5 Å². The van der Waals surface area contributed by atoms with Crippen molar-refractivity contribution in [2.45, 2.75) is 12.5 Å². The highest BCUT2D eigenvalue weighted by Gasteiger charge is 2.28. The van der Waals surface area contributed by atoms with Crippen molar-refractivity contribution in [3.63, 3.8) is 0 Å². The molecule has 1 unspecified atom stereocenters. The smallest absolute Gasteiger partial charge is 0.129 e. The third-order valence-corrected chi connectivity index (χ3v) is 2.94. The van der Waals surface area contributed by atoms with Gasteiger partial charge in [0.2, 0.25) is 0 Å². The molecule has 18 heavy (non-hydrogen) atoms. The maximum Gasteiger partial charge on any atom is 0.129 e. The van der Waals surface area contributed by atoms with E-state index in [1.165, 1.54) is 0 Å². The van der Waals surface area contributed by atoms with Crippen LogP contribution < -0.4 is 5.73 Å². The summed E-state index contributed by atoms with van der Waals surface area (Å²) in [6, 6.07) is 12.3. The van der Waals surface area contributed by atoms with Gasteiger partial charge in [-0.15, -0.1) is 0 Å². The average molecular weight is 239 g/mol. The minimum atomic E-state index is -1.23. The zero-order valence-corrected chi connectivity index (χ0v) is 9.96. The minimum Gasteiger partial charge on any atom is -0.383 e. The third-order valence-electron chi connectivity index (χ3n) is 2.94. The molecule has 1 aromatic carbocycles. The maximum absolute atomic E-state index is 10.6. The lowest BCUT2D eigenvalue weighted by Gasteiger charge is -2.25. The quantitative estimate of drug-likeness (QED) is 0.837. The Morgan fingerprint density at radius 1 is 1.28 bits per heavy atom. The van der Waals surface area contributed by atoms with Crippen molar-refractivity contribution >= 4 is 5.82 Å². The van der Waals surface area contributed by atoms with Crippen LogP contribution in [-0.2, 0) is 5.60 Å². The molecule has 0 fully saturated rings. The van der Waals surface area contributed by atoms with Crippen LogP contribution in [0, 0.1) is 11.3 Å². The molecule has 90 valence electrons. The Morgan fingerprint density at radius 3 is 2.50 bits per heavy atom. The zero-order chi connectivity index (χ0) is 13.2. The molecule has 2 rings (SSSR count). The topological polar surface area (TPSA) is 82.9 Å². The van der Waals surface area contributed by atoms with Crippen molar-refractivity contribution in [2.75, 3.05) is 5.73 Å². The van der Waals surface area contributed by atoms with Crippen LogP contribution in [0.1, 0.15) is 23.6 Å². The molecule has 1 aromatic heterocycles. The monoisotopic (exact) mass is 239 g/mol. The Kier molecular flexibility index (Phi) is 3.00. The first-order valence-corrected chi connectivity index (χ1v) is 5.49. The van der Waals surface area contributed by atoms with Crippen LogP contribution in [0.25, 0.3) is 0 Å². The molecule has 3 N–H and O–H groups in total. The number of nitrogens with zero attached hydrogens (tertiary/aromatic N) is 2. The summed E-state index contributed by atoms with van der Waals surface area (Å²) in [5, 5.41) is 19.3. The number of nitrogen functional groups attached to an aromatic ring is 1. The van der Waals surface area contributed by atoms with E-state index < -0.39 is 5.60 Å². The number of nitriles is 1. The van der Waals surface area contributed by atoms with E-state index in [1.54, 1.807) is 49.5 Å². The molecule has 0 bridgehead atoms. The van der Waals surface area contributed by atoms with Crippen LogP contribution >= 0.6 is 0 Å². The highest BCUT2D eigenvalue weighted by Crippen LogP contribution is 2.31. The molecule has 0 saturated carbocycles. The first-order valence-electron chi connectivity index (χ1n) is 5.49. The van der Waals surface area contributed by atoms with Gasteiger partial charge < -0.3 is 10.8 Å². The highest BCUT2D eigenvalue weighted by molar-refractivity contribution is 5.48. The van der Waals surface area contributed by atoms with Gasteiger partial charge in [-0.05, 0) is 30.7 Å². The first kappa shape index (κ1) is 12.1. The summed E-state index contributed by atoms with van der Waals surface area (Å²) in [5.74, 6) is 0.298. The van der Waals surface area contributed by atoms with E-state index >= 15 is 0 Å². The van der Waals surface area contributed by atoms with Crippen LogP contribution in [0.2, 0.25) is 0 Å². The van der Waals surface area contributed by atoms with Crippen LogP contribution in [-0.4, -0.2) is 10.1 Å². The second-order valence-electron chi connectivity index (χ2n) is 4.20. The SMILES string of the molecule is CC(O)(c1ccc(C#N)cc1)c1cccnc1N. The van der Waals surface area contributed by atoms with Crippen molar-refractivity contribution in [3.05, 3.63) is 59.3 Å². The summed E-state index contributed by atoms with van der Waals surface area (Å²) in [6.45, 7) is 1.65. The number of aromatic nitrogens is 1. The summed E-state index contributed by atoms with van der Waals surface area (Å²) in [6.07, 6.45) is 1.58. The molecule has 2 aromatic rings. The normalized spacial score (nSPS) is 13.6. The van der Waals surface area contributed by atoms with Gasteiger partial charge in [0.15, 0.2) is 0 Å². The van der Waals surface area contributed by atoms with Crippen LogP contribution in [0.5, 0.6) is 0 Å². The lowest BCUT2D eigenvalue weighted by molar-refractivity contribution is 0.103. The molecule has 1 heterocycles. The standard InChI is InChI=1S/C14H13N3O/c1-14(18,12-3-2-8-17-13(12)16)11-6-4-10(9-15)5-7-11/h2-8,18H,1H3,(H2,16,17). The molecule has 4 heteroatoms. The Balaban J connectivity index is 2.48. The fraction of sp³-hybridized carbons (Fsp3) is 0.143. The maximum atomic E-state index is 10.6. The second-order valence-corrected chi connectivity index (χ2v) is 4.20. The number of benzene rings is 1. The molecule has 0 aliphatic rings. The van der Waals surface area contributed by atoms with Crippen molar-refractivity contribution in [3.8, 4) is 6.07 Å².